The fraction of sp³-hybridized carbons (Fsp3) is 0.357. The van der Waals surface area contributed by atoms with Crippen molar-refractivity contribution in [1.82, 2.24) is 10.3 Å². The molecule has 0 aliphatic rings. The maximum Gasteiger partial charge on any atom is 0.123 e. The van der Waals surface area contributed by atoms with Gasteiger partial charge in [-0.1, -0.05) is 24.3 Å². The number of thiazole rings is 1. The van der Waals surface area contributed by atoms with Crippen LogP contribution in [0.25, 0.3) is 10.6 Å². The van der Waals surface area contributed by atoms with Crippen molar-refractivity contribution >= 4 is 11.3 Å². The van der Waals surface area contributed by atoms with Gasteiger partial charge in [-0.15, -0.1) is 11.3 Å². The van der Waals surface area contributed by atoms with E-state index in [1.54, 1.807) is 18.4 Å². The van der Waals surface area contributed by atoms with E-state index in [4.69, 9.17) is 4.74 Å². The lowest BCUT2D eigenvalue weighted by Gasteiger charge is -2.05. The molecule has 1 aromatic carbocycles. The Labute approximate surface area is 112 Å². The van der Waals surface area contributed by atoms with Crippen LogP contribution < -0.4 is 5.32 Å². The predicted octanol–water partition coefficient (Wildman–Crippen LogP) is 3.24. The zero-order valence-corrected chi connectivity index (χ0v) is 11.8. The monoisotopic (exact) mass is 262 g/mol. The highest BCUT2D eigenvalue weighted by Crippen LogP contribution is 2.28. The molecule has 0 saturated carbocycles. The summed E-state index contributed by atoms with van der Waals surface area (Å²) in [6.07, 6.45) is 1.95. The van der Waals surface area contributed by atoms with E-state index in [0.717, 1.165) is 10.6 Å². The van der Waals surface area contributed by atoms with E-state index < -0.39 is 0 Å². The minimum Gasteiger partial charge on any atom is -0.380 e. The highest BCUT2D eigenvalue weighted by Gasteiger charge is 2.09. The standard InChI is InChI=1S/C14H18N2OS/c1-10(15-2)13-8-16-14(18-13)12-6-4-11(5-7-12)9-17-3/h4-8,10,15H,9H2,1-3H3. The zero-order valence-electron chi connectivity index (χ0n) is 10.9. The van der Waals surface area contributed by atoms with E-state index in [2.05, 4.69) is 41.5 Å². The normalized spacial score (nSPS) is 12.6. The number of benzene rings is 1. The SMILES string of the molecule is CNC(C)c1cnc(-c2ccc(COC)cc2)s1. The van der Waals surface area contributed by atoms with Gasteiger partial charge in [0.05, 0.1) is 6.61 Å². The number of hydrogen-bond donors (Lipinski definition) is 1. The molecule has 1 N–H and O–H groups in total. The van der Waals surface area contributed by atoms with Crippen LogP contribution in [0.2, 0.25) is 0 Å². The van der Waals surface area contributed by atoms with E-state index in [9.17, 15) is 0 Å². The van der Waals surface area contributed by atoms with Crippen LogP contribution in [0.1, 0.15) is 23.4 Å². The number of nitrogens with zero attached hydrogens (tertiary/aromatic N) is 1. The second-order valence-corrected chi connectivity index (χ2v) is 5.27. The van der Waals surface area contributed by atoms with Gasteiger partial charge in [0.2, 0.25) is 0 Å². The highest BCUT2D eigenvalue weighted by molar-refractivity contribution is 7.15. The average molecular weight is 262 g/mol. The molecule has 1 heterocycles. The van der Waals surface area contributed by atoms with E-state index in [-0.39, 0.29) is 0 Å². The summed E-state index contributed by atoms with van der Waals surface area (Å²) in [6, 6.07) is 8.72. The lowest BCUT2D eigenvalue weighted by Crippen LogP contribution is -2.10. The summed E-state index contributed by atoms with van der Waals surface area (Å²) in [5.74, 6) is 0. The van der Waals surface area contributed by atoms with Crippen molar-refractivity contribution in [3.8, 4) is 10.6 Å². The largest absolute Gasteiger partial charge is 0.380 e. The molecule has 1 unspecified atom stereocenters. The Morgan fingerprint density at radius 2 is 2.06 bits per heavy atom. The maximum atomic E-state index is 5.10. The summed E-state index contributed by atoms with van der Waals surface area (Å²) in [4.78, 5) is 5.74. The topological polar surface area (TPSA) is 34.2 Å². The molecule has 2 rings (SSSR count). The molecule has 3 nitrogen and oxygen atoms in total. The van der Waals surface area contributed by atoms with Gasteiger partial charge in [-0.3, -0.25) is 0 Å². The second-order valence-electron chi connectivity index (χ2n) is 4.21. The van der Waals surface area contributed by atoms with Gasteiger partial charge >= 0.3 is 0 Å². The first-order valence-corrected chi connectivity index (χ1v) is 6.77. The van der Waals surface area contributed by atoms with E-state index in [1.807, 2.05) is 13.2 Å². The molecule has 0 radical (unpaired) electrons. The quantitative estimate of drug-likeness (QED) is 0.898. The van der Waals surface area contributed by atoms with Gasteiger partial charge in [0, 0.05) is 29.8 Å². The van der Waals surface area contributed by atoms with Crippen molar-refractivity contribution in [2.45, 2.75) is 19.6 Å². The van der Waals surface area contributed by atoms with Crippen LogP contribution in [0, 0.1) is 0 Å². The Kier molecular flexibility index (Phi) is 4.47. The van der Waals surface area contributed by atoms with Gasteiger partial charge in [0.15, 0.2) is 0 Å². The van der Waals surface area contributed by atoms with Gasteiger partial charge in [-0.05, 0) is 19.5 Å². The Hall–Kier alpha value is -1.23. The molecule has 0 bridgehead atoms. The number of nitrogens with one attached hydrogen (secondary N) is 1. The van der Waals surface area contributed by atoms with Crippen LogP contribution in [-0.4, -0.2) is 19.1 Å². The Bertz CT molecular complexity index is 493. The first-order chi connectivity index (χ1) is 8.74. The van der Waals surface area contributed by atoms with Crippen LogP contribution in [0.15, 0.2) is 30.5 Å². The molecule has 0 aliphatic carbocycles. The molecule has 18 heavy (non-hydrogen) atoms. The Morgan fingerprint density at radius 3 is 2.67 bits per heavy atom. The third kappa shape index (κ3) is 2.96. The predicted molar refractivity (Wildman–Crippen MR) is 75.7 cm³/mol. The van der Waals surface area contributed by atoms with Crippen LogP contribution in [-0.2, 0) is 11.3 Å². The molecule has 2 aromatic rings. The molecule has 1 atom stereocenters. The van der Waals surface area contributed by atoms with Crippen molar-refractivity contribution in [2.75, 3.05) is 14.2 Å². The van der Waals surface area contributed by atoms with Crippen molar-refractivity contribution in [3.05, 3.63) is 40.9 Å². The first-order valence-electron chi connectivity index (χ1n) is 5.96. The van der Waals surface area contributed by atoms with Crippen molar-refractivity contribution in [2.24, 2.45) is 0 Å². The molecular weight excluding hydrogens is 244 g/mol. The highest BCUT2D eigenvalue weighted by atomic mass is 32.1. The van der Waals surface area contributed by atoms with Gasteiger partial charge in [-0.2, -0.15) is 0 Å². The molecule has 1 aromatic heterocycles. The van der Waals surface area contributed by atoms with Crippen LogP contribution in [0.3, 0.4) is 0 Å². The van der Waals surface area contributed by atoms with Crippen LogP contribution in [0.4, 0.5) is 0 Å². The maximum absolute atomic E-state index is 5.10. The van der Waals surface area contributed by atoms with Crippen molar-refractivity contribution in [3.63, 3.8) is 0 Å². The molecular formula is C14H18N2OS. The number of methoxy groups -OCH3 is 1. The van der Waals surface area contributed by atoms with E-state index >= 15 is 0 Å². The van der Waals surface area contributed by atoms with Gasteiger partial charge in [-0.25, -0.2) is 4.98 Å². The lowest BCUT2D eigenvalue weighted by atomic mass is 10.1. The number of aromatic nitrogens is 1. The first kappa shape index (κ1) is 13.2. The van der Waals surface area contributed by atoms with Gasteiger partial charge in [0.25, 0.3) is 0 Å². The summed E-state index contributed by atoms with van der Waals surface area (Å²) >= 11 is 1.73. The molecule has 0 aliphatic heterocycles. The number of ether oxygens (including phenoxy) is 1. The summed E-state index contributed by atoms with van der Waals surface area (Å²) < 4.78 is 5.10. The van der Waals surface area contributed by atoms with Gasteiger partial charge in [0.1, 0.15) is 5.01 Å². The molecule has 4 heteroatoms. The lowest BCUT2D eigenvalue weighted by molar-refractivity contribution is 0.185. The van der Waals surface area contributed by atoms with Crippen LogP contribution in [0.5, 0.6) is 0 Å². The fourth-order valence-corrected chi connectivity index (χ4v) is 2.66. The van der Waals surface area contributed by atoms with E-state index in [0.29, 0.717) is 12.6 Å². The summed E-state index contributed by atoms with van der Waals surface area (Å²) in [7, 11) is 3.67. The summed E-state index contributed by atoms with van der Waals surface area (Å²) in [5, 5.41) is 4.29. The van der Waals surface area contributed by atoms with Crippen molar-refractivity contribution < 1.29 is 4.74 Å². The minimum atomic E-state index is 0.351. The molecule has 0 spiro atoms. The fourth-order valence-electron chi connectivity index (χ4n) is 1.67. The van der Waals surface area contributed by atoms with E-state index in [1.165, 1.54) is 10.4 Å². The number of hydrogen-bond acceptors (Lipinski definition) is 4. The molecule has 0 amide bonds. The van der Waals surface area contributed by atoms with Crippen molar-refractivity contribution in [1.29, 1.82) is 0 Å². The second kappa shape index (κ2) is 6.09. The molecule has 96 valence electrons. The Morgan fingerprint density at radius 1 is 1.33 bits per heavy atom. The molecule has 0 fully saturated rings. The number of rotatable bonds is 5. The Balaban J connectivity index is 2.18. The zero-order chi connectivity index (χ0) is 13.0. The van der Waals surface area contributed by atoms with Crippen LogP contribution >= 0.6 is 11.3 Å². The average Bonchev–Trinajstić information content (AvgIpc) is 2.89. The third-order valence-corrected chi connectivity index (χ3v) is 4.12. The minimum absolute atomic E-state index is 0.351. The smallest absolute Gasteiger partial charge is 0.123 e. The third-order valence-electron chi connectivity index (χ3n) is 2.90. The van der Waals surface area contributed by atoms with Gasteiger partial charge < -0.3 is 10.1 Å². The summed E-state index contributed by atoms with van der Waals surface area (Å²) in [5.41, 5.74) is 2.34. The summed E-state index contributed by atoms with van der Waals surface area (Å²) in [6.45, 7) is 2.79. The molecule has 0 saturated heterocycles.